The molecule has 1 N–H and O–H groups in total. The Bertz CT molecular complexity index is 519. The van der Waals surface area contributed by atoms with Gasteiger partial charge < -0.3 is 10.1 Å². The van der Waals surface area contributed by atoms with Crippen LogP contribution in [0.2, 0.25) is 0 Å². The van der Waals surface area contributed by atoms with Gasteiger partial charge in [0, 0.05) is 23.5 Å². The summed E-state index contributed by atoms with van der Waals surface area (Å²) in [5.74, 6) is 0.682. The van der Waals surface area contributed by atoms with Crippen molar-refractivity contribution in [2.45, 2.75) is 27.3 Å². The molecule has 0 radical (unpaired) electrons. The first-order valence-corrected chi connectivity index (χ1v) is 6.78. The summed E-state index contributed by atoms with van der Waals surface area (Å²) in [5, 5.41) is 4.34. The number of aliphatic imine (C=N–C) groups is 1. The van der Waals surface area contributed by atoms with E-state index in [1.165, 1.54) is 11.6 Å². The summed E-state index contributed by atoms with van der Waals surface area (Å²) >= 11 is 4.72. The number of hydrogen-bond donors (Lipinski definition) is 1. The molecule has 0 bridgehead atoms. The van der Waals surface area contributed by atoms with Crippen LogP contribution in [0, 0.1) is 5.41 Å². The van der Waals surface area contributed by atoms with E-state index in [-0.39, 0.29) is 5.91 Å². The zero-order valence-corrected chi connectivity index (χ0v) is 13.1. The van der Waals surface area contributed by atoms with E-state index in [1.807, 2.05) is 39.0 Å². The summed E-state index contributed by atoms with van der Waals surface area (Å²) in [6, 6.07) is 5.60. The molecule has 0 aromatic heterocycles. The first-order chi connectivity index (χ1) is 9.38. The topological polar surface area (TPSA) is 50.7 Å². The summed E-state index contributed by atoms with van der Waals surface area (Å²) in [4.78, 5) is 16.0. The quantitative estimate of drug-likeness (QED) is 0.670. The molecule has 1 aromatic rings. The van der Waals surface area contributed by atoms with Crippen molar-refractivity contribution in [1.29, 1.82) is 0 Å². The van der Waals surface area contributed by atoms with Gasteiger partial charge in [0.15, 0.2) is 0 Å². The van der Waals surface area contributed by atoms with Crippen LogP contribution in [0.3, 0.4) is 0 Å². The maximum Gasteiger partial charge on any atom is 0.225 e. The molecule has 20 heavy (non-hydrogen) atoms. The lowest BCUT2D eigenvalue weighted by Gasteiger charge is -2.17. The minimum atomic E-state index is -0.398. The van der Waals surface area contributed by atoms with Crippen LogP contribution in [0.1, 0.15) is 26.3 Å². The van der Waals surface area contributed by atoms with Crippen LogP contribution in [-0.4, -0.2) is 24.6 Å². The molecule has 0 atom stereocenters. The molecule has 0 unspecified atom stereocenters. The fourth-order valence-corrected chi connectivity index (χ4v) is 1.57. The number of amides is 1. The number of ether oxygens (including phenoxy) is 1. The third-order valence-corrected chi connectivity index (χ3v) is 2.77. The maximum absolute atomic E-state index is 11.8. The molecule has 5 heteroatoms. The number of methoxy groups -OCH3 is 1. The van der Waals surface area contributed by atoms with E-state index in [4.69, 9.17) is 17.0 Å². The Morgan fingerprint density at radius 1 is 1.45 bits per heavy atom. The summed E-state index contributed by atoms with van der Waals surface area (Å²) in [6.07, 6.45) is 1.53. The average molecular weight is 292 g/mol. The number of rotatable bonds is 5. The van der Waals surface area contributed by atoms with Crippen molar-refractivity contribution < 1.29 is 9.53 Å². The molecule has 0 heterocycles. The smallest absolute Gasteiger partial charge is 0.225 e. The van der Waals surface area contributed by atoms with E-state index < -0.39 is 5.41 Å². The lowest BCUT2D eigenvalue weighted by molar-refractivity contribution is -0.128. The van der Waals surface area contributed by atoms with Crippen LogP contribution >= 0.6 is 12.2 Å². The van der Waals surface area contributed by atoms with E-state index in [1.54, 1.807) is 7.11 Å². The van der Waals surface area contributed by atoms with Crippen molar-refractivity contribution in [1.82, 2.24) is 5.32 Å². The van der Waals surface area contributed by atoms with E-state index in [0.717, 1.165) is 5.56 Å². The molecular formula is C15H20N2O2S. The Labute approximate surface area is 125 Å². The van der Waals surface area contributed by atoms with Gasteiger partial charge in [-0.1, -0.05) is 39.1 Å². The largest absolute Gasteiger partial charge is 0.494 e. The van der Waals surface area contributed by atoms with E-state index in [9.17, 15) is 4.79 Å². The molecule has 1 aromatic carbocycles. The molecular weight excluding hydrogens is 272 g/mol. The van der Waals surface area contributed by atoms with Crippen LogP contribution in [0.25, 0.3) is 0 Å². The van der Waals surface area contributed by atoms with Crippen LogP contribution in [0.15, 0.2) is 23.2 Å². The molecule has 0 saturated carbocycles. The van der Waals surface area contributed by atoms with Gasteiger partial charge in [0.1, 0.15) is 11.4 Å². The van der Waals surface area contributed by atoms with Gasteiger partial charge in [0.25, 0.3) is 0 Å². The summed E-state index contributed by atoms with van der Waals surface area (Å²) in [5.41, 5.74) is 1.25. The Balaban J connectivity index is 2.84. The van der Waals surface area contributed by atoms with Gasteiger partial charge in [0.2, 0.25) is 5.91 Å². The fourth-order valence-electron chi connectivity index (χ4n) is 1.50. The van der Waals surface area contributed by atoms with E-state index in [2.05, 4.69) is 10.3 Å². The van der Waals surface area contributed by atoms with Crippen molar-refractivity contribution in [2.75, 3.05) is 7.11 Å². The highest BCUT2D eigenvalue weighted by Crippen LogP contribution is 2.28. The summed E-state index contributed by atoms with van der Waals surface area (Å²) in [7, 11) is 1.59. The number of thiocarbonyl (C=S) groups is 1. The van der Waals surface area contributed by atoms with Crippen molar-refractivity contribution >= 4 is 35.4 Å². The third kappa shape index (κ3) is 4.74. The van der Waals surface area contributed by atoms with Crippen LogP contribution in [-0.2, 0) is 11.3 Å². The monoisotopic (exact) mass is 292 g/mol. The van der Waals surface area contributed by atoms with Gasteiger partial charge in [-0.05, 0) is 17.7 Å². The average Bonchev–Trinajstić information content (AvgIpc) is 2.41. The number of hydrogen-bond acceptors (Lipinski definition) is 4. The van der Waals surface area contributed by atoms with Gasteiger partial charge >= 0.3 is 0 Å². The zero-order chi connectivity index (χ0) is 15.2. The Morgan fingerprint density at radius 3 is 2.70 bits per heavy atom. The zero-order valence-electron chi connectivity index (χ0n) is 12.3. The highest BCUT2D eigenvalue weighted by Gasteiger charge is 2.20. The second kappa shape index (κ2) is 7.14. The molecule has 4 nitrogen and oxygen atoms in total. The molecule has 0 saturated heterocycles. The predicted octanol–water partition coefficient (Wildman–Crippen LogP) is 3.06. The lowest BCUT2D eigenvalue weighted by Crippen LogP contribution is -2.34. The Hall–Kier alpha value is -1.75. The fraction of sp³-hybridized carbons (Fsp3) is 0.400. The number of carbonyl (C=O) groups is 1. The highest BCUT2D eigenvalue weighted by molar-refractivity contribution is 7.80. The van der Waals surface area contributed by atoms with Crippen molar-refractivity contribution in [3.05, 3.63) is 23.8 Å². The lowest BCUT2D eigenvalue weighted by atomic mass is 9.95. The summed E-state index contributed by atoms with van der Waals surface area (Å²) in [6.45, 7) is 6.10. The second-order valence-corrected chi connectivity index (χ2v) is 5.63. The Kier molecular flexibility index (Phi) is 5.82. The van der Waals surface area contributed by atoms with Crippen LogP contribution in [0.5, 0.6) is 5.75 Å². The van der Waals surface area contributed by atoms with Gasteiger partial charge in [-0.3, -0.25) is 9.79 Å². The molecule has 0 aliphatic heterocycles. The van der Waals surface area contributed by atoms with Crippen molar-refractivity contribution in [3.8, 4) is 5.75 Å². The second-order valence-electron chi connectivity index (χ2n) is 5.35. The van der Waals surface area contributed by atoms with Crippen LogP contribution < -0.4 is 10.1 Å². The normalized spacial score (nSPS) is 11.4. The van der Waals surface area contributed by atoms with Crippen LogP contribution in [0.4, 0.5) is 5.69 Å². The molecule has 0 fully saturated rings. The SMILES string of the molecule is COc1ccc(CNC(=O)C(C)(C)C)cc1N=CC=S. The van der Waals surface area contributed by atoms with Crippen molar-refractivity contribution in [2.24, 2.45) is 10.4 Å². The van der Waals surface area contributed by atoms with Gasteiger partial charge in [-0.2, -0.15) is 0 Å². The first-order valence-electron chi connectivity index (χ1n) is 6.31. The van der Waals surface area contributed by atoms with E-state index in [0.29, 0.717) is 18.0 Å². The molecule has 0 aliphatic carbocycles. The Morgan fingerprint density at radius 2 is 2.15 bits per heavy atom. The number of nitrogens with one attached hydrogen (secondary N) is 1. The third-order valence-electron chi connectivity index (χ3n) is 2.65. The van der Waals surface area contributed by atoms with Gasteiger partial charge in [-0.25, -0.2) is 0 Å². The molecule has 1 amide bonds. The minimum absolute atomic E-state index is 0.0114. The number of benzene rings is 1. The van der Waals surface area contributed by atoms with Crippen molar-refractivity contribution in [3.63, 3.8) is 0 Å². The number of nitrogens with zero attached hydrogens (tertiary/aromatic N) is 1. The maximum atomic E-state index is 11.8. The standard InChI is InChI=1S/C15H20N2O2S/c1-15(2,3)14(18)17-10-11-5-6-13(19-4)12(9-11)16-7-8-20/h5-9H,10H2,1-4H3,(H,17,18). The molecule has 0 aliphatic rings. The predicted molar refractivity (Wildman–Crippen MR) is 86.1 cm³/mol. The van der Waals surface area contributed by atoms with E-state index >= 15 is 0 Å². The molecule has 1 rings (SSSR count). The molecule has 0 spiro atoms. The van der Waals surface area contributed by atoms with Gasteiger partial charge in [-0.15, -0.1) is 0 Å². The minimum Gasteiger partial charge on any atom is -0.494 e. The summed E-state index contributed by atoms with van der Waals surface area (Å²) < 4.78 is 5.23. The highest BCUT2D eigenvalue weighted by atomic mass is 32.1. The first kappa shape index (κ1) is 16.3. The van der Waals surface area contributed by atoms with Gasteiger partial charge in [0.05, 0.1) is 7.11 Å². The molecule has 108 valence electrons. The number of carbonyl (C=O) groups excluding carboxylic acids is 1.